The van der Waals surface area contributed by atoms with Crippen molar-refractivity contribution in [2.45, 2.75) is 64.6 Å². The molecular weight excluding hydrogens is 300 g/mol. The molecule has 1 aliphatic heterocycles. The van der Waals surface area contributed by atoms with E-state index in [1.54, 1.807) is 0 Å². The molecule has 5 aliphatic rings. The van der Waals surface area contributed by atoms with Crippen LogP contribution in [0.2, 0.25) is 0 Å². The summed E-state index contributed by atoms with van der Waals surface area (Å²) >= 11 is 0. The summed E-state index contributed by atoms with van der Waals surface area (Å²) in [5.41, 5.74) is 0.308. The minimum absolute atomic E-state index is 0.0993. The molecule has 0 radical (unpaired) electrons. The van der Waals surface area contributed by atoms with Crippen molar-refractivity contribution in [3.63, 3.8) is 0 Å². The number of fused-ring (bicyclic) bond motifs is 5. The standard InChI is InChI=1S/C21H30O3/c1-19-9-10-21(23-11-12-24-21)13-14(19)3-4-15-16-5-6-18(22)20(16,2)8-7-17(15)19/h5-6,14-17H,3-4,7-13H2,1-2H3/t14?,15-,16-,17-,19-,20-/m0/s1. The van der Waals surface area contributed by atoms with Gasteiger partial charge in [-0.2, -0.15) is 0 Å². The lowest BCUT2D eigenvalue weighted by Crippen LogP contribution is -2.56. The summed E-state index contributed by atoms with van der Waals surface area (Å²) in [5, 5.41) is 0. The number of ketones is 1. The maximum absolute atomic E-state index is 12.4. The molecular formula is C21H30O3. The van der Waals surface area contributed by atoms with Gasteiger partial charge in [-0.25, -0.2) is 0 Å². The molecule has 3 heteroatoms. The molecule has 4 aliphatic carbocycles. The predicted molar refractivity (Wildman–Crippen MR) is 91.3 cm³/mol. The molecule has 6 atom stereocenters. The zero-order valence-corrected chi connectivity index (χ0v) is 15.1. The zero-order valence-electron chi connectivity index (χ0n) is 15.1. The van der Waals surface area contributed by atoms with Crippen molar-refractivity contribution < 1.29 is 14.3 Å². The quantitative estimate of drug-likeness (QED) is 0.670. The summed E-state index contributed by atoms with van der Waals surface area (Å²) in [7, 11) is 0. The summed E-state index contributed by atoms with van der Waals surface area (Å²) in [4.78, 5) is 12.4. The van der Waals surface area contributed by atoms with Gasteiger partial charge in [-0.3, -0.25) is 4.79 Å². The smallest absolute Gasteiger partial charge is 0.168 e. The van der Waals surface area contributed by atoms with E-state index in [-0.39, 0.29) is 11.2 Å². The number of hydrogen-bond acceptors (Lipinski definition) is 3. The molecule has 3 nitrogen and oxygen atoms in total. The van der Waals surface area contributed by atoms with Gasteiger partial charge in [0.15, 0.2) is 11.6 Å². The van der Waals surface area contributed by atoms with E-state index in [0.29, 0.717) is 23.0 Å². The number of allylic oxidation sites excluding steroid dienone is 2. The van der Waals surface area contributed by atoms with Crippen LogP contribution in [0.4, 0.5) is 0 Å². The second-order valence-corrected chi connectivity index (χ2v) is 9.57. The lowest BCUT2D eigenvalue weighted by Gasteiger charge is -2.61. The van der Waals surface area contributed by atoms with E-state index in [1.165, 1.54) is 25.7 Å². The van der Waals surface area contributed by atoms with Gasteiger partial charge in [-0.15, -0.1) is 0 Å². The predicted octanol–water partition coefficient (Wildman–Crippen LogP) is 4.12. The van der Waals surface area contributed by atoms with Crippen LogP contribution in [0, 0.1) is 34.5 Å². The van der Waals surface area contributed by atoms with Gasteiger partial charge in [0.25, 0.3) is 0 Å². The lowest BCUT2D eigenvalue weighted by molar-refractivity contribution is -0.227. The number of hydrogen-bond donors (Lipinski definition) is 0. The molecule has 3 saturated carbocycles. The Kier molecular flexibility index (Phi) is 3.21. The highest BCUT2D eigenvalue weighted by Gasteiger charge is 2.61. The van der Waals surface area contributed by atoms with Crippen molar-refractivity contribution in [3.8, 4) is 0 Å². The van der Waals surface area contributed by atoms with Crippen LogP contribution in [0.3, 0.4) is 0 Å². The fourth-order valence-corrected chi connectivity index (χ4v) is 7.23. The van der Waals surface area contributed by atoms with Crippen LogP contribution in [-0.4, -0.2) is 24.8 Å². The Balaban J connectivity index is 1.43. The van der Waals surface area contributed by atoms with Gasteiger partial charge in [-0.05, 0) is 67.3 Å². The molecule has 4 fully saturated rings. The summed E-state index contributed by atoms with van der Waals surface area (Å²) in [6.07, 6.45) is 12.4. The van der Waals surface area contributed by atoms with Crippen LogP contribution < -0.4 is 0 Å². The molecule has 1 unspecified atom stereocenters. The summed E-state index contributed by atoms with van der Waals surface area (Å²) in [5.74, 6) is 2.79. The van der Waals surface area contributed by atoms with E-state index >= 15 is 0 Å². The van der Waals surface area contributed by atoms with Gasteiger partial charge in [-0.1, -0.05) is 19.9 Å². The maximum Gasteiger partial charge on any atom is 0.168 e. The van der Waals surface area contributed by atoms with Gasteiger partial charge < -0.3 is 9.47 Å². The van der Waals surface area contributed by atoms with E-state index in [2.05, 4.69) is 19.9 Å². The minimum Gasteiger partial charge on any atom is -0.348 e. The summed E-state index contributed by atoms with van der Waals surface area (Å²) in [6.45, 7) is 6.30. The van der Waals surface area contributed by atoms with Crippen molar-refractivity contribution in [1.29, 1.82) is 0 Å². The molecule has 0 aromatic carbocycles. The first kappa shape index (κ1) is 15.6. The van der Waals surface area contributed by atoms with Gasteiger partial charge in [0, 0.05) is 18.3 Å². The normalized spacial score (nSPS) is 52.2. The van der Waals surface area contributed by atoms with Crippen LogP contribution in [0.15, 0.2) is 12.2 Å². The Hall–Kier alpha value is -0.670. The van der Waals surface area contributed by atoms with Gasteiger partial charge >= 0.3 is 0 Å². The fourth-order valence-electron chi connectivity index (χ4n) is 7.23. The van der Waals surface area contributed by atoms with E-state index in [1.807, 2.05) is 6.08 Å². The Morgan fingerprint density at radius 3 is 2.62 bits per heavy atom. The largest absolute Gasteiger partial charge is 0.348 e. The van der Waals surface area contributed by atoms with E-state index in [0.717, 1.165) is 44.3 Å². The van der Waals surface area contributed by atoms with Crippen LogP contribution in [-0.2, 0) is 14.3 Å². The van der Waals surface area contributed by atoms with Gasteiger partial charge in [0.2, 0.25) is 0 Å². The first-order valence-corrected chi connectivity index (χ1v) is 9.97. The SMILES string of the molecule is C[C@]12CCC3(CC1CC[C@@H]1[C@@H]2CC[C@]2(C)C(=O)C=C[C@@H]12)OCCO3. The second-order valence-electron chi connectivity index (χ2n) is 9.57. The topological polar surface area (TPSA) is 35.5 Å². The highest BCUT2D eigenvalue weighted by molar-refractivity contribution is 5.97. The van der Waals surface area contributed by atoms with Crippen molar-refractivity contribution in [2.75, 3.05) is 13.2 Å². The lowest BCUT2D eigenvalue weighted by atomic mass is 9.45. The Morgan fingerprint density at radius 2 is 1.83 bits per heavy atom. The molecule has 132 valence electrons. The van der Waals surface area contributed by atoms with Crippen molar-refractivity contribution >= 4 is 5.78 Å². The Morgan fingerprint density at radius 1 is 1.04 bits per heavy atom. The first-order chi connectivity index (χ1) is 11.5. The Labute approximate surface area is 145 Å². The van der Waals surface area contributed by atoms with Crippen molar-refractivity contribution in [1.82, 2.24) is 0 Å². The second kappa shape index (κ2) is 4.94. The average Bonchev–Trinajstić information content (AvgIpc) is 3.14. The highest BCUT2D eigenvalue weighted by Crippen LogP contribution is 2.65. The maximum atomic E-state index is 12.4. The number of carbonyl (C=O) groups excluding carboxylic acids is 1. The minimum atomic E-state index is -0.260. The van der Waals surface area contributed by atoms with Gasteiger partial charge in [0.1, 0.15) is 0 Å². The fraction of sp³-hybridized carbons (Fsp3) is 0.857. The highest BCUT2D eigenvalue weighted by atomic mass is 16.7. The zero-order chi connectivity index (χ0) is 16.6. The molecule has 1 spiro atoms. The van der Waals surface area contributed by atoms with Crippen LogP contribution >= 0.6 is 0 Å². The molecule has 0 amide bonds. The third-order valence-electron chi connectivity index (χ3n) is 8.75. The number of ether oxygens (including phenoxy) is 2. The molecule has 1 heterocycles. The monoisotopic (exact) mass is 330 g/mol. The molecule has 0 N–H and O–H groups in total. The van der Waals surface area contributed by atoms with Crippen molar-refractivity contribution in [3.05, 3.63) is 12.2 Å². The van der Waals surface area contributed by atoms with E-state index < -0.39 is 0 Å². The van der Waals surface area contributed by atoms with Crippen LogP contribution in [0.1, 0.15) is 58.8 Å². The van der Waals surface area contributed by atoms with E-state index in [9.17, 15) is 4.79 Å². The number of carbonyl (C=O) groups is 1. The van der Waals surface area contributed by atoms with Crippen LogP contribution in [0.5, 0.6) is 0 Å². The third kappa shape index (κ3) is 1.89. The number of rotatable bonds is 0. The molecule has 0 bridgehead atoms. The van der Waals surface area contributed by atoms with Gasteiger partial charge in [0.05, 0.1) is 13.2 Å². The molecule has 1 saturated heterocycles. The van der Waals surface area contributed by atoms with Crippen LogP contribution in [0.25, 0.3) is 0 Å². The molecule has 5 rings (SSSR count). The Bertz CT molecular complexity index is 590. The van der Waals surface area contributed by atoms with Crippen molar-refractivity contribution in [2.24, 2.45) is 34.5 Å². The molecule has 24 heavy (non-hydrogen) atoms. The van der Waals surface area contributed by atoms with E-state index in [4.69, 9.17) is 9.47 Å². The third-order valence-corrected chi connectivity index (χ3v) is 8.75. The first-order valence-electron chi connectivity index (χ1n) is 9.97. The average molecular weight is 330 g/mol. The summed E-state index contributed by atoms with van der Waals surface area (Å²) < 4.78 is 12.1. The summed E-state index contributed by atoms with van der Waals surface area (Å²) in [6, 6.07) is 0. The molecule has 0 aromatic rings. The molecule has 0 aromatic heterocycles.